The third-order valence-corrected chi connectivity index (χ3v) is 6.34. The molecule has 2 N–H and O–H groups in total. The first-order chi connectivity index (χ1) is 17.2. The van der Waals surface area contributed by atoms with Gasteiger partial charge in [-0.3, -0.25) is 0 Å². The number of fused-ring (bicyclic) bond motifs is 2. The van der Waals surface area contributed by atoms with Crippen LogP contribution >= 0.6 is 0 Å². The predicted molar refractivity (Wildman–Crippen MR) is 142 cm³/mol. The van der Waals surface area contributed by atoms with Gasteiger partial charge in [-0.05, 0) is 45.3 Å². The first-order valence-corrected chi connectivity index (χ1v) is 11.5. The number of benzene rings is 6. The van der Waals surface area contributed by atoms with Crippen LogP contribution in [-0.4, -0.2) is 10.2 Å². The molecule has 3 nitrogen and oxygen atoms in total. The minimum absolute atomic E-state index is 0.0487. The van der Waals surface area contributed by atoms with Gasteiger partial charge in [0.15, 0.2) is 11.5 Å². The summed E-state index contributed by atoms with van der Waals surface area (Å²) in [5.74, 6) is 1.14. The largest absolute Gasteiger partial charge is 0.507 e. The van der Waals surface area contributed by atoms with E-state index in [0.717, 1.165) is 38.2 Å². The Morgan fingerprint density at radius 3 is 1.83 bits per heavy atom. The molecular formula is C32H22O3. The summed E-state index contributed by atoms with van der Waals surface area (Å²) in [4.78, 5) is 0. The van der Waals surface area contributed by atoms with Crippen LogP contribution in [0.2, 0.25) is 0 Å². The van der Waals surface area contributed by atoms with Crippen molar-refractivity contribution in [2.24, 2.45) is 0 Å². The number of aromatic hydroxyl groups is 2. The number of hydrogen-bond donors (Lipinski definition) is 2. The van der Waals surface area contributed by atoms with Crippen molar-refractivity contribution in [1.82, 2.24) is 0 Å². The van der Waals surface area contributed by atoms with Gasteiger partial charge in [0.25, 0.3) is 0 Å². The highest BCUT2D eigenvalue weighted by molar-refractivity contribution is 6.09. The number of rotatable bonds is 4. The van der Waals surface area contributed by atoms with E-state index in [2.05, 4.69) is 0 Å². The molecule has 0 saturated heterocycles. The lowest BCUT2D eigenvalue weighted by molar-refractivity contribution is 0.413. The third kappa shape index (κ3) is 3.64. The molecule has 0 spiro atoms. The zero-order chi connectivity index (χ0) is 23.8. The van der Waals surface area contributed by atoms with Crippen molar-refractivity contribution >= 4 is 21.5 Å². The molecule has 0 atom stereocenters. The van der Waals surface area contributed by atoms with Gasteiger partial charge in [-0.2, -0.15) is 0 Å². The lowest BCUT2D eigenvalue weighted by Gasteiger charge is -2.19. The maximum Gasteiger partial charge on any atom is 0.176 e. The second kappa shape index (κ2) is 8.54. The normalized spacial score (nSPS) is 11.1. The van der Waals surface area contributed by atoms with Gasteiger partial charge < -0.3 is 14.9 Å². The molecular weight excluding hydrogens is 432 g/mol. The van der Waals surface area contributed by atoms with Gasteiger partial charge in [-0.25, -0.2) is 0 Å². The molecule has 0 saturated carbocycles. The van der Waals surface area contributed by atoms with Crippen molar-refractivity contribution in [2.75, 3.05) is 0 Å². The van der Waals surface area contributed by atoms with E-state index < -0.39 is 0 Å². The van der Waals surface area contributed by atoms with Crippen molar-refractivity contribution in [2.45, 2.75) is 0 Å². The molecule has 0 aliphatic heterocycles. The number of para-hydroxylation sites is 1. The quantitative estimate of drug-likeness (QED) is 0.281. The Hall–Kier alpha value is -4.76. The highest BCUT2D eigenvalue weighted by Gasteiger charge is 2.20. The van der Waals surface area contributed by atoms with Crippen molar-refractivity contribution in [3.8, 4) is 45.3 Å². The van der Waals surface area contributed by atoms with E-state index >= 15 is 0 Å². The van der Waals surface area contributed by atoms with Crippen molar-refractivity contribution in [3.05, 3.63) is 121 Å². The number of phenolic OH excluding ortho intramolecular Hbond substituents is 2. The van der Waals surface area contributed by atoms with Crippen LogP contribution in [0.5, 0.6) is 23.0 Å². The molecule has 168 valence electrons. The van der Waals surface area contributed by atoms with Gasteiger partial charge >= 0.3 is 0 Å². The second-order valence-corrected chi connectivity index (χ2v) is 8.46. The molecule has 0 fully saturated rings. The average molecular weight is 455 g/mol. The minimum Gasteiger partial charge on any atom is -0.507 e. The molecule has 0 aliphatic carbocycles. The maximum atomic E-state index is 11.1. The first-order valence-electron chi connectivity index (χ1n) is 11.5. The Balaban J connectivity index is 1.64. The fourth-order valence-electron chi connectivity index (χ4n) is 4.70. The van der Waals surface area contributed by atoms with E-state index in [1.54, 1.807) is 12.1 Å². The average Bonchev–Trinajstić information content (AvgIpc) is 2.90. The summed E-state index contributed by atoms with van der Waals surface area (Å²) in [7, 11) is 0. The van der Waals surface area contributed by atoms with Crippen molar-refractivity contribution < 1.29 is 14.9 Å². The first kappa shape index (κ1) is 20.8. The molecule has 6 rings (SSSR count). The lowest BCUT2D eigenvalue weighted by atomic mass is 9.92. The van der Waals surface area contributed by atoms with Crippen LogP contribution < -0.4 is 4.74 Å². The van der Waals surface area contributed by atoms with Crippen LogP contribution in [0.25, 0.3) is 43.8 Å². The van der Waals surface area contributed by atoms with Crippen molar-refractivity contribution in [1.29, 1.82) is 0 Å². The second-order valence-electron chi connectivity index (χ2n) is 8.46. The molecule has 6 aromatic carbocycles. The molecule has 0 aromatic heterocycles. The number of hydrogen-bond acceptors (Lipinski definition) is 3. The highest BCUT2D eigenvalue weighted by atomic mass is 16.5. The fraction of sp³-hybridized carbons (Fsp3) is 0. The van der Waals surface area contributed by atoms with Crippen molar-refractivity contribution in [3.63, 3.8) is 0 Å². The predicted octanol–water partition coefficient (Wildman–Crippen LogP) is 8.53. The summed E-state index contributed by atoms with van der Waals surface area (Å²) in [6.45, 7) is 0. The van der Waals surface area contributed by atoms with Gasteiger partial charge in [0.2, 0.25) is 0 Å². The lowest BCUT2D eigenvalue weighted by Crippen LogP contribution is -1.94. The standard InChI is InChI=1S/C32H22O3/c33-27-19-17-22-11-4-6-13-24(22)30(27)31-25-14-7-5-12-23(25)18-20-29(31)35-32-26(15-8-16-28(32)34)21-9-2-1-3-10-21/h1-20,33-34H. The van der Waals surface area contributed by atoms with E-state index in [-0.39, 0.29) is 11.5 Å². The molecule has 0 amide bonds. The van der Waals surface area contributed by atoms with Crippen LogP contribution in [0.15, 0.2) is 121 Å². The van der Waals surface area contributed by atoms with E-state index in [0.29, 0.717) is 17.1 Å². The van der Waals surface area contributed by atoms with Gasteiger partial charge in [0, 0.05) is 16.7 Å². The summed E-state index contributed by atoms with van der Waals surface area (Å²) >= 11 is 0. The van der Waals surface area contributed by atoms with Crippen LogP contribution in [-0.2, 0) is 0 Å². The van der Waals surface area contributed by atoms with Gasteiger partial charge in [0.1, 0.15) is 11.5 Å². The summed E-state index contributed by atoms with van der Waals surface area (Å²) in [5.41, 5.74) is 3.20. The third-order valence-electron chi connectivity index (χ3n) is 6.34. The van der Waals surface area contributed by atoms with Crippen LogP contribution in [0.3, 0.4) is 0 Å². The molecule has 0 radical (unpaired) electrons. The topological polar surface area (TPSA) is 49.7 Å². The van der Waals surface area contributed by atoms with Gasteiger partial charge in [-0.1, -0.05) is 103 Å². The SMILES string of the molecule is Oc1cccc(-c2ccccc2)c1Oc1ccc2ccccc2c1-c1c(O)ccc2ccccc12. The Kier molecular flexibility index (Phi) is 5.08. The maximum absolute atomic E-state index is 11.1. The fourth-order valence-corrected chi connectivity index (χ4v) is 4.70. The monoisotopic (exact) mass is 454 g/mol. The zero-order valence-corrected chi connectivity index (χ0v) is 18.8. The smallest absolute Gasteiger partial charge is 0.176 e. The summed E-state index contributed by atoms with van der Waals surface area (Å²) < 4.78 is 6.53. The highest BCUT2D eigenvalue weighted by Crippen LogP contribution is 2.48. The Bertz CT molecular complexity index is 1690. The van der Waals surface area contributed by atoms with E-state index in [9.17, 15) is 10.2 Å². The Morgan fingerprint density at radius 1 is 0.457 bits per heavy atom. The zero-order valence-electron chi connectivity index (χ0n) is 18.8. The summed E-state index contributed by atoms with van der Waals surface area (Å²) in [6.07, 6.45) is 0. The Labute approximate surface area is 203 Å². The Morgan fingerprint density at radius 2 is 1.09 bits per heavy atom. The van der Waals surface area contributed by atoms with E-state index in [1.807, 2.05) is 109 Å². The van der Waals surface area contributed by atoms with E-state index in [1.165, 1.54) is 0 Å². The van der Waals surface area contributed by atoms with Gasteiger partial charge in [-0.15, -0.1) is 0 Å². The summed E-state index contributed by atoms with van der Waals surface area (Å²) in [5, 5.41) is 25.9. The molecule has 0 unspecified atom stereocenters. The molecule has 3 heteroatoms. The molecule has 0 bridgehead atoms. The number of phenols is 2. The van der Waals surface area contributed by atoms with Crippen LogP contribution in [0.4, 0.5) is 0 Å². The van der Waals surface area contributed by atoms with Gasteiger partial charge in [0.05, 0.1) is 0 Å². The summed E-state index contributed by atoms with van der Waals surface area (Å²) in [6, 6.07) is 38.8. The van der Waals surface area contributed by atoms with E-state index in [4.69, 9.17) is 4.74 Å². The molecule has 0 aliphatic rings. The minimum atomic E-state index is 0.0487. The molecule has 0 heterocycles. The van der Waals surface area contributed by atoms with Crippen LogP contribution in [0.1, 0.15) is 0 Å². The number of ether oxygens (including phenoxy) is 1. The van der Waals surface area contributed by atoms with Crippen LogP contribution in [0, 0.1) is 0 Å². The molecule has 35 heavy (non-hydrogen) atoms. The molecule has 6 aromatic rings.